The summed E-state index contributed by atoms with van der Waals surface area (Å²) in [4.78, 5) is 2.86. The predicted molar refractivity (Wildman–Crippen MR) is 175 cm³/mol. The number of nitrogens with zero attached hydrogens (tertiary/aromatic N) is 1. The topological polar surface area (TPSA) is 3.88 Å². The van der Waals surface area contributed by atoms with Crippen molar-refractivity contribution in [3.05, 3.63) is 77.0 Å². The number of benzene rings is 4. The Morgan fingerprint density at radius 1 is 0.825 bits per heavy atom. The van der Waals surface area contributed by atoms with Crippen LogP contribution in [0.4, 0.5) is 0 Å². The zero-order chi connectivity index (χ0) is 28.5. The molecule has 0 bridgehead atoms. The first-order valence-electron chi connectivity index (χ1n) is 15.1. The second kappa shape index (κ2) is 9.91. The van der Waals surface area contributed by atoms with Gasteiger partial charge in [0.15, 0.2) is 6.20 Å². The molecule has 0 unspecified atom stereocenters. The van der Waals surface area contributed by atoms with Crippen molar-refractivity contribution < 1.29 is 4.57 Å². The average Bonchev–Trinajstić information content (AvgIpc) is 2.86. The first-order chi connectivity index (χ1) is 18.9. The van der Waals surface area contributed by atoms with Crippen LogP contribution in [0, 0.1) is 24.2 Å². The molecule has 40 heavy (non-hydrogen) atoms. The molecule has 0 saturated heterocycles. The highest BCUT2D eigenvalue weighted by Crippen LogP contribution is 2.53. The third kappa shape index (κ3) is 4.63. The van der Waals surface area contributed by atoms with Gasteiger partial charge in [0.1, 0.15) is 7.05 Å². The van der Waals surface area contributed by atoms with Gasteiger partial charge in [0, 0.05) is 21.2 Å². The van der Waals surface area contributed by atoms with Crippen LogP contribution in [0.5, 0.6) is 0 Å². The average molecular weight is 547 g/mol. The Labute approximate surface area is 245 Å². The minimum absolute atomic E-state index is 0.191. The highest BCUT2D eigenvalue weighted by Gasteiger charge is 2.33. The summed E-state index contributed by atoms with van der Waals surface area (Å²) >= 11 is 2.02. The molecule has 1 aliphatic heterocycles. The van der Waals surface area contributed by atoms with Crippen molar-refractivity contribution in [2.24, 2.45) is 24.3 Å². The molecule has 5 aromatic rings. The van der Waals surface area contributed by atoms with Crippen LogP contribution < -0.4 is 4.57 Å². The number of pyridine rings is 1. The zero-order valence-electron chi connectivity index (χ0n) is 25.8. The first kappa shape index (κ1) is 27.3. The molecule has 0 amide bonds. The monoisotopic (exact) mass is 546 g/mol. The van der Waals surface area contributed by atoms with Gasteiger partial charge in [0.2, 0.25) is 5.69 Å². The van der Waals surface area contributed by atoms with Crippen molar-refractivity contribution in [1.82, 2.24) is 0 Å². The van der Waals surface area contributed by atoms with Crippen molar-refractivity contribution in [2.75, 3.05) is 0 Å². The van der Waals surface area contributed by atoms with E-state index in [1.807, 2.05) is 11.8 Å². The van der Waals surface area contributed by atoms with Crippen LogP contribution in [0.1, 0.15) is 70.7 Å². The van der Waals surface area contributed by atoms with Crippen molar-refractivity contribution in [1.29, 1.82) is 0 Å². The van der Waals surface area contributed by atoms with Crippen LogP contribution in [0.2, 0.25) is 0 Å². The SMILES string of the molecule is Cc1c2c(c(CC(C)(C)C)c3ccc(CC(C)C)cc13)Sc1cc3cccc(CC(C)C)c3c3cc[n+](C)c-2c13. The standard InChI is InChI=1S/C38H44NS/c1-22(2)17-25-13-14-28-30(19-25)24(5)33-36-35-29(15-16-39(36)9)34-26(18-23(3)4)11-10-12-27(34)20-32(35)40-37(33)31(28)21-38(6,7)8/h10-16,19-20,22-23H,17-18,21H2,1-9H3/q+1. The van der Waals surface area contributed by atoms with Crippen molar-refractivity contribution in [3.8, 4) is 11.3 Å². The molecule has 0 N–H and O–H groups in total. The molecule has 1 aliphatic rings. The molecule has 1 nitrogen and oxygen atoms in total. The van der Waals surface area contributed by atoms with E-state index in [0.29, 0.717) is 11.8 Å². The number of aromatic nitrogens is 1. The van der Waals surface area contributed by atoms with Crippen LogP contribution >= 0.6 is 11.8 Å². The molecular weight excluding hydrogens is 502 g/mol. The lowest BCUT2D eigenvalue weighted by Crippen LogP contribution is -2.32. The smallest absolute Gasteiger partial charge is 0.200 e. The summed E-state index contributed by atoms with van der Waals surface area (Å²) in [5.41, 5.74) is 8.87. The number of aryl methyl sites for hydroxylation is 2. The summed E-state index contributed by atoms with van der Waals surface area (Å²) in [5, 5.41) is 8.50. The first-order valence-corrected chi connectivity index (χ1v) is 15.9. The van der Waals surface area contributed by atoms with E-state index in [0.717, 1.165) is 19.3 Å². The number of hydrogen-bond acceptors (Lipinski definition) is 1. The molecule has 2 heterocycles. The van der Waals surface area contributed by atoms with Crippen LogP contribution in [0.3, 0.4) is 0 Å². The summed E-state index contributed by atoms with van der Waals surface area (Å²) in [6, 6.07) is 19.1. The largest absolute Gasteiger partial charge is 0.222 e. The minimum Gasteiger partial charge on any atom is -0.200 e. The molecule has 2 heteroatoms. The quantitative estimate of drug-likeness (QED) is 0.154. The zero-order valence-corrected chi connectivity index (χ0v) is 26.6. The summed E-state index contributed by atoms with van der Waals surface area (Å²) in [7, 11) is 2.24. The van der Waals surface area contributed by atoms with Crippen LogP contribution in [-0.4, -0.2) is 0 Å². The maximum absolute atomic E-state index is 2.50. The molecule has 4 aromatic carbocycles. The molecule has 206 valence electrons. The Bertz CT molecular complexity index is 1800. The number of fused-ring (bicyclic) bond motifs is 5. The van der Waals surface area contributed by atoms with E-state index in [-0.39, 0.29) is 5.41 Å². The van der Waals surface area contributed by atoms with Crippen molar-refractivity contribution >= 4 is 44.1 Å². The Hall–Kier alpha value is -2.84. The van der Waals surface area contributed by atoms with Crippen molar-refractivity contribution in [3.63, 3.8) is 0 Å². The lowest BCUT2D eigenvalue weighted by atomic mass is 9.82. The van der Waals surface area contributed by atoms with Crippen LogP contribution in [0.25, 0.3) is 43.6 Å². The molecule has 0 spiro atoms. The van der Waals surface area contributed by atoms with E-state index in [1.54, 1.807) is 0 Å². The summed E-state index contributed by atoms with van der Waals surface area (Å²) in [6.07, 6.45) is 5.58. The fraction of sp³-hybridized carbons (Fsp3) is 0.395. The molecule has 0 fully saturated rings. The van der Waals surface area contributed by atoms with Gasteiger partial charge in [0.05, 0.1) is 10.9 Å². The molecular formula is C38H44NS+. The number of hydrogen-bond donors (Lipinski definition) is 0. The maximum atomic E-state index is 2.50. The lowest BCUT2D eigenvalue weighted by Gasteiger charge is -2.28. The summed E-state index contributed by atoms with van der Waals surface area (Å²) < 4.78 is 2.39. The van der Waals surface area contributed by atoms with Gasteiger partial charge in [-0.05, 0) is 93.3 Å². The van der Waals surface area contributed by atoms with E-state index >= 15 is 0 Å². The van der Waals surface area contributed by atoms with Gasteiger partial charge in [-0.15, -0.1) is 0 Å². The Kier molecular flexibility index (Phi) is 6.77. The van der Waals surface area contributed by atoms with E-state index < -0.39 is 0 Å². The summed E-state index contributed by atoms with van der Waals surface area (Å²) in [5.74, 6) is 1.27. The summed E-state index contributed by atoms with van der Waals surface area (Å²) in [6.45, 7) is 18.8. The van der Waals surface area contributed by atoms with Gasteiger partial charge in [-0.2, -0.15) is 0 Å². The predicted octanol–water partition coefficient (Wildman–Crippen LogP) is 10.4. The third-order valence-electron chi connectivity index (χ3n) is 8.43. The fourth-order valence-electron chi connectivity index (χ4n) is 6.93. The minimum atomic E-state index is 0.191. The second-order valence-electron chi connectivity index (χ2n) is 14.2. The molecule has 1 aromatic heterocycles. The van der Waals surface area contributed by atoms with Gasteiger partial charge >= 0.3 is 0 Å². The van der Waals surface area contributed by atoms with Gasteiger partial charge in [-0.25, -0.2) is 4.57 Å². The highest BCUT2D eigenvalue weighted by molar-refractivity contribution is 8.00. The molecule has 0 saturated carbocycles. The Balaban J connectivity index is 1.75. The van der Waals surface area contributed by atoms with Crippen molar-refractivity contribution in [2.45, 2.75) is 84.4 Å². The molecule has 6 rings (SSSR count). The molecule has 0 aliphatic carbocycles. The Morgan fingerprint density at radius 3 is 2.27 bits per heavy atom. The molecule has 0 radical (unpaired) electrons. The van der Waals surface area contributed by atoms with Gasteiger partial charge in [0.25, 0.3) is 0 Å². The normalized spacial score (nSPS) is 13.3. The van der Waals surface area contributed by atoms with Gasteiger partial charge in [-0.1, -0.05) is 96.6 Å². The lowest BCUT2D eigenvalue weighted by molar-refractivity contribution is -0.659. The Morgan fingerprint density at radius 2 is 1.57 bits per heavy atom. The van der Waals surface area contributed by atoms with Gasteiger partial charge < -0.3 is 0 Å². The van der Waals surface area contributed by atoms with E-state index in [1.165, 1.54) is 75.6 Å². The van der Waals surface area contributed by atoms with Crippen LogP contribution in [-0.2, 0) is 26.3 Å². The second-order valence-corrected chi connectivity index (χ2v) is 15.2. The van der Waals surface area contributed by atoms with Crippen LogP contribution in [0.15, 0.2) is 64.5 Å². The van der Waals surface area contributed by atoms with E-state index in [4.69, 9.17) is 0 Å². The van der Waals surface area contributed by atoms with E-state index in [2.05, 4.69) is 122 Å². The fourth-order valence-corrected chi connectivity index (χ4v) is 8.31. The number of rotatable bonds is 5. The molecule has 0 atom stereocenters. The highest BCUT2D eigenvalue weighted by atomic mass is 32.2. The third-order valence-corrected chi connectivity index (χ3v) is 9.62. The van der Waals surface area contributed by atoms with E-state index in [9.17, 15) is 0 Å². The maximum Gasteiger partial charge on any atom is 0.222 e. The van der Waals surface area contributed by atoms with Gasteiger partial charge in [-0.3, -0.25) is 0 Å².